The van der Waals surface area contributed by atoms with Crippen molar-refractivity contribution < 1.29 is 8.42 Å². The van der Waals surface area contributed by atoms with Gasteiger partial charge in [0.2, 0.25) is 10.0 Å². The molecule has 1 heterocycles. The van der Waals surface area contributed by atoms with Gasteiger partial charge < -0.3 is 5.32 Å². The fourth-order valence-corrected chi connectivity index (χ4v) is 3.42. The lowest BCUT2D eigenvalue weighted by molar-refractivity contribution is 0.467. The molecule has 21 heavy (non-hydrogen) atoms. The number of hydrogen-bond acceptors (Lipinski definition) is 4. The SMILES string of the molecule is CCNc1ccccc1S(=O)(=O)N(C)Cc1cnn(C)c1. The van der Waals surface area contributed by atoms with Crippen LogP contribution in [0.5, 0.6) is 0 Å². The summed E-state index contributed by atoms with van der Waals surface area (Å²) in [7, 11) is -0.168. The number of nitrogens with zero attached hydrogens (tertiary/aromatic N) is 3. The zero-order chi connectivity index (χ0) is 15.5. The molecule has 2 aromatic rings. The number of rotatable bonds is 6. The Morgan fingerprint density at radius 1 is 1.33 bits per heavy atom. The Kier molecular flexibility index (Phi) is 4.64. The summed E-state index contributed by atoms with van der Waals surface area (Å²) in [4.78, 5) is 0.290. The Labute approximate surface area is 125 Å². The molecule has 0 aliphatic rings. The summed E-state index contributed by atoms with van der Waals surface area (Å²) >= 11 is 0. The zero-order valence-electron chi connectivity index (χ0n) is 12.4. The molecule has 0 saturated heterocycles. The van der Waals surface area contributed by atoms with Gasteiger partial charge in [-0.25, -0.2) is 8.42 Å². The summed E-state index contributed by atoms with van der Waals surface area (Å²) in [6, 6.07) is 6.94. The number of sulfonamides is 1. The summed E-state index contributed by atoms with van der Waals surface area (Å²) in [5, 5.41) is 7.14. The molecule has 0 aliphatic heterocycles. The molecule has 0 spiro atoms. The van der Waals surface area contributed by atoms with Crippen molar-refractivity contribution in [2.24, 2.45) is 7.05 Å². The van der Waals surface area contributed by atoms with Gasteiger partial charge >= 0.3 is 0 Å². The molecule has 0 aliphatic carbocycles. The second-order valence-electron chi connectivity index (χ2n) is 4.81. The van der Waals surface area contributed by atoms with Gasteiger partial charge in [0.15, 0.2) is 0 Å². The number of aromatic nitrogens is 2. The van der Waals surface area contributed by atoms with Crippen LogP contribution in [0.15, 0.2) is 41.6 Å². The second kappa shape index (κ2) is 6.28. The minimum absolute atomic E-state index is 0.288. The number of anilines is 1. The molecule has 1 aromatic carbocycles. The van der Waals surface area contributed by atoms with Crippen molar-refractivity contribution in [2.45, 2.75) is 18.4 Å². The van der Waals surface area contributed by atoms with Crippen LogP contribution >= 0.6 is 0 Å². The van der Waals surface area contributed by atoms with Crippen LogP contribution in [0, 0.1) is 0 Å². The number of benzene rings is 1. The third-order valence-corrected chi connectivity index (χ3v) is 4.97. The van der Waals surface area contributed by atoms with Crippen molar-refractivity contribution >= 4 is 15.7 Å². The van der Waals surface area contributed by atoms with Crippen LogP contribution < -0.4 is 5.32 Å². The lowest BCUT2D eigenvalue weighted by Gasteiger charge is -2.19. The highest BCUT2D eigenvalue weighted by molar-refractivity contribution is 7.89. The Morgan fingerprint density at radius 2 is 2.05 bits per heavy atom. The number of aryl methyl sites for hydroxylation is 1. The standard InChI is InChI=1S/C14H20N4O2S/c1-4-15-13-7-5-6-8-14(13)21(19,20)18(3)11-12-9-16-17(2)10-12/h5-10,15H,4,11H2,1-3H3. The van der Waals surface area contributed by atoms with Gasteiger partial charge in [-0.05, 0) is 19.1 Å². The van der Waals surface area contributed by atoms with E-state index in [4.69, 9.17) is 0 Å². The first-order valence-corrected chi connectivity index (χ1v) is 8.16. The highest BCUT2D eigenvalue weighted by Gasteiger charge is 2.24. The third-order valence-electron chi connectivity index (χ3n) is 3.11. The highest BCUT2D eigenvalue weighted by Crippen LogP contribution is 2.24. The maximum atomic E-state index is 12.7. The molecule has 1 aromatic heterocycles. The van der Waals surface area contributed by atoms with E-state index in [1.165, 1.54) is 4.31 Å². The van der Waals surface area contributed by atoms with E-state index in [0.29, 0.717) is 17.1 Å². The number of para-hydroxylation sites is 1. The Morgan fingerprint density at radius 3 is 2.67 bits per heavy atom. The minimum Gasteiger partial charge on any atom is -0.384 e. The summed E-state index contributed by atoms with van der Waals surface area (Å²) in [6.45, 7) is 2.89. The van der Waals surface area contributed by atoms with Crippen LogP contribution in [0.1, 0.15) is 12.5 Å². The van der Waals surface area contributed by atoms with Gasteiger partial charge in [-0.1, -0.05) is 12.1 Å². The first-order valence-electron chi connectivity index (χ1n) is 6.72. The fraction of sp³-hybridized carbons (Fsp3) is 0.357. The summed E-state index contributed by atoms with van der Waals surface area (Å²) in [5.41, 5.74) is 1.47. The van der Waals surface area contributed by atoms with E-state index in [0.717, 1.165) is 5.56 Å². The quantitative estimate of drug-likeness (QED) is 0.881. The van der Waals surface area contributed by atoms with Crippen LogP contribution in [0.2, 0.25) is 0 Å². The Balaban J connectivity index is 2.28. The molecule has 0 atom stereocenters. The Bertz CT molecular complexity index is 709. The molecule has 0 bridgehead atoms. The zero-order valence-corrected chi connectivity index (χ0v) is 13.3. The van der Waals surface area contributed by atoms with Gasteiger partial charge in [0, 0.05) is 38.9 Å². The smallest absolute Gasteiger partial charge is 0.245 e. The van der Waals surface area contributed by atoms with Crippen LogP contribution in [0.25, 0.3) is 0 Å². The maximum Gasteiger partial charge on any atom is 0.245 e. The van der Waals surface area contributed by atoms with E-state index >= 15 is 0 Å². The van der Waals surface area contributed by atoms with Gasteiger partial charge in [0.05, 0.1) is 11.9 Å². The van der Waals surface area contributed by atoms with Crippen LogP contribution in [0.3, 0.4) is 0 Å². The van der Waals surface area contributed by atoms with Crippen molar-refractivity contribution in [2.75, 3.05) is 18.9 Å². The third kappa shape index (κ3) is 3.43. The summed E-state index contributed by atoms with van der Waals surface area (Å²) in [5.74, 6) is 0. The molecule has 6 nitrogen and oxygen atoms in total. The molecule has 7 heteroatoms. The molecule has 1 N–H and O–H groups in total. The lowest BCUT2D eigenvalue weighted by Crippen LogP contribution is -2.27. The maximum absolute atomic E-state index is 12.7. The lowest BCUT2D eigenvalue weighted by atomic mass is 10.3. The van der Waals surface area contributed by atoms with Crippen molar-refractivity contribution in [3.05, 3.63) is 42.2 Å². The van der Waals surface area contributed by atoms with E-state index in [-0.39, 0.29) is 6.54 Å². The van der Waals surface area contributed by atoms with Crippen molar-refractivity contribution in [1.82, 2.24) is 14.1 Å². The van der Waals surface area contributed by atoms with Crippen LogP contribution in [-0.4, -0.2) is 36.1 Å². The van der Waals surface area contributed by atoms with Gasteiger partial charge in [-0.3, -0.25) is 4.68 Å². The molecule has 0 fully saturated rings. The monoisotopic (exact) mass is 308 g/mol. The number of hydrogen-bond donors (Lipinski definition) is 1. The molecule has 0 saturated carbocycles. The average Bonchev–Trinajstić information content (AvgIpc) is 2.85. The normalized spacial score (nSPS) is 11.8. The average molecular weight is 308 g/mol. The molecule has 114 valence electrons. The first-order chi connectivity index (χ1) is 9.95. The predicted molar refractivity (Wildman–Crippen MR) is 82.5 cm³/mol. The van der Waals surface area contributed by atoms with Gasteiger partial charge in [-0.15, -0.1) is 0 Å². The summed E-state index contributed by atoms with van der Waals surface area (Å²) in [6.07, 6.45) is 3.48. The molecule has 0 radical (unpaired) electrons. The van der Waals surface area contributed by atoms with E-state index < -0.39 is 10.0 Å². The van der Waals surface area contributed by atoms with Gasteiger partial charge in [0.1, 0.15) is 4.90 Å². The topological polar surface area (TPSA) is 67.2 Å². The first kappa shape index (κ1) is 15.5. The van der Waals surface area contributed by atoms with E-state index in [9.17, 15) is 8.42 Å². The second-order valence-corrected chi connectivity index (χ2v) is 6.82. The minimum atomic E-state index is -3.55. The van der Waals surface area contributed by atoms with Gasteiger partial charge in [0.25, 0.3) is 0 Å². The number of nitrogens with one attached hydrogen (secondary N) is 1. The van der Waals surface area contributed by atoms with Gasteiger partial charge in [-0.2, -0.15) is 9.40 Å². The van der Waals surface area contributed by atoms with Crippen molar-refractivity contribution in [3.8, 4) is 0 Å². The molecular formula is C14H20N4O2S. The molecular weight excluding hydrogens is 288 g/mol. The largest absolute Gasteiger partial charge is 0.384 e. The molecule has 0 unspecified atom stereocenters. The fourth-order valence-electron chi connectivity index (χ4n) is 2.09. The van der Waals surface area contributed by atoms with Crippen molar-refractivity contribution in [1.29, 1.82) is 0 Å². The van der Waals surface area contributed by atoms with E-state index in [1.807, 2.05) is 19.2 Å². The van der Waals surface area contributed by atoms with Crippen LogP contribution in [0.4, 0.5) is 5.69 Å². The van der Waals surface area contributed by atoms with E-state index in [2.05, 4.69) is 10.4 Å². The van der Waals surface area contributed by atoms with E-state index in [1.54, 1.807) is 43.2 Å². The van der Waals surface area contributed by atoms with Crippen molar-refractivity contribution in [3.63, 3.8) is 0 Å². The Hall–Kier alpha value is -1.86. The predicted octanol–water partition coefficient (Wildman–Crippen LogP) is 1.67. The molecule has 0 amide bonds. The highest BCUT2D eigenvalue weighted by atomic mass is 32.2. The molecule has 2 rings (SSSR count). The summed E-state index contributed by atoms with van der Waals surface area (Å²) < 4.78 is 28.4. The van der Waals surface area contributed by atoms with Crippen LogP contribution in [-0.2, 0) is 23.6 Å².